The van der Waals surface area contributed by atoms with Gasteiger partial charge in [-0.05, 0) is 42.8 Å². The number of fused-ring (bicyclic) bond motifs is 1. The molecule has 0 radical (unpaired) electrons. The van der Waals surface area contributed by atoms with Gasteiger partial charge in [0.25, 0.3) is 11.4 Å². The highest BCUT2D eigenvalue weighted by Crippen LogP contribution is 2.20. The maximum Gasteiger partial charge on any atom is 0.306 e. The lowest BCUT2D eigenvalue weighted by Crippen LogP contribution is -2.26. The smallest absolute Gasteiger partial charge is 0.306 e. The number of para-hydroxylation sites is 2. The van der Waals surface area contributed by atoms with Gasteiger partial charge >= 0.3 is 5.97 Å². The van der Waals surface area contributed by atoms with Crippen LogP contribution in [-0.2, 0) is 29.1 Å². The molecule has 0 amide bonds. The number of carbonyl (C=O) groups is 1. The van der Waals surface area contributed by atoms with Crippen LogP contribution in [0.1, 0.15) is 37.8 Å². The molecule has 0 bridgehead atoms. The standard InChI is InChI=1S/C24H23ClN4O4/c1-2-3-14-29-20-7-5-4-6-18(20)26-19(24(29)31)12-13-22(30)32-15-21-27-28-23(33-21)16-8-10-17(25)11-9-16/h4-11H,2-3,12-15H2,1H3. The number of carbonyl (C=O) groups excluding carboxylic acids is 1. The molecule has 9 heteroatoms. The third kappa shape index (κ3) is 5.46. The fourth-order valence-corrected chi connectivity index (χ4v) is 3.53. The van der Waals surface area contributed by atoms with Crippen LogP contribution in [0.3, 0.4) is 0 Å². The number of nitrogens with zero attached hydrogens (tertiary/aromatic N) is 4. The summed E-state index contributed by atoms with van der Waals surface area (Å²) >= 11 is 5.88. The highest BCUT2D eigenvalue weighted by atomic mass is 35.5. The van der Waals surface area contributed by atoms with Gasteiger partial charge in [0.2, 0.25) is 5.89 Å². The Balaban J connectivity index is 1.38. The van der Waals surface area contributed by atoms with Gasteiger partial charge < -0.3 is 13.7 Å². The normalized spacial score (nSPS) is 11.1. The van der Waals surface area contributed by atoms with Gasteiger partial charge in [-0.3, -0.25) is 9.59 Å². The van der Waals surface area contributed by atoms with Gasteiger partial charge in [0.1, 0.15) is 5.69 Å². The average Bonchev–Trinajstić information content (AvgIpc) is 3.30. The number of unbranched alkanes of at least 4 members (excludes halogenated alkanes) is 1. The molecule has 170 valence electrons. The van der Waals surface area contributed by atoms with Crippen LogP contribution >= 0.6 is 11.6 Å². The van der Waals surface area contributed by atoms with Crippen LogP contribution in [0.2, 0.25) is 5.02 Å². The lowest BCUT2D eigenvalue weighted by Gasteiger charge is -2.11. The largest absolute Gasteiger partial charge is 0.456 e. The topological polar surface area (TPSA) is 100 Å². The lowest BCUT2D eigenvalue weighted by atomic mass is 10.2. The second-order valence-electron chi connectivity index (χ2n) is 7.53. The number of aromatic nitrogens is 4. The van der Waals surface area contributed by atoms with Crippen molar-refractivity contribution >= 4 is 28.6 Å². The first kappa shape index (κ1) is 22.7. The average molecular weight is 467 g/mol. The minimum absolute atomic E-state index is 0.0204. The van der Waals surface area contributed by atoms with Gasteiger partial charge in [0.05, 0.1) is 17.5 Å². The van der Waals surface area contributed by atoms with Gasteiger partial charge in [-0.1, -0.05) is 37.1 Å². The Labute approximate surface area is 195 Å². The summed E-state index contributed by atoms with van der Waals surface area (Å²) in [6, 6.07) is 14.5. The molecule has 4 rings (SSSR count). The van der Waals surface area contributed by atoms with Crippen LogP contribution < -0.4 is 5.56 Å². The predicted molar refractivity (Wildman–Crippen MR) is 124 cm³/mol. The van der Waals surface area contributed by atoms with Crippen molar-refractivity contribution in [3.63, 3.8) is 0 Å². The number of benzene rings is 2. The van der Waals surface area contributed by atoms with Crippen molar-refractivity contribution < 1.29 is 13.9 Å². The molecular formula is C24H23ClN4O4. The summed E-state index contributed by atoms with van der Waals surface area (Å²) in [6.45, 7) is 2.54. The zero-order valence-corrected chi connectivity index (χ0v) is 18.9. The molecule has 0 unspecified atom stereocenters. The highest BCUT2D eigenvalue weighted by molar-refractivity contribution is 6.30. The van der Waals surface area contributed by atoms with E-state index in [-0.39, 0.29) is 30.9 Å². The van der Waals surface area contributed by atoms with Gasteiger partial charge in [0, 0.05) is 23.6 Å². The SMILES string of the molecule is CCCCn1c(=O)c(CCC(=O)OCc2nnc(-c3ccc(Cl)cc3)o2)nc2ccccc21. The summed E-state index contributed by atoms with van der Waals surface area (Å²) in [5, 5.41) is 8.46. The van der Waals surface area contributed by atoms with Gasteiger partial charge in [-0.2, -0.15) is 0 Å². The molecule has 33 heavy (non-hydrogen) atoms. The van der Waals surface area contributed by atoms with Crippen molar-refractivity contribution in [2.45, 2.75) is 45.8 Å². The van der Waals surface area contributed by atoms with Crippen LogP contribution in [0.4, 0.5) is 0 Å². The van der Waals surface area contributed by atoms with E-state index in [1.807, 2.05) is 24.3 Å². The summed E-state index contributed by atoms with van der Waals surface area (Å²) in [6.07, 6.45) is 2.07. The fraction of sp³-hybridized carbons (Fsp3) is 0.292. The van der Waals surface area contributed by atoms with Gasteiger partial charge in [0.15, 0.2) is 6.61 Å². The minimum Gasteiger partial charge on any atom is -0.456 e. The van der Waals surface area contributed by atoms with Crippen LogP contribution in [0.5, 0.6) is 0 Å². The van der Waals surface area contributed by atoms with Crippen LogP contribution in [0, 0.1) is 0 Å². The molecule has 2 heterocycles. The molecule has 0 aliphatic heterocycles. The van der Waals surface area contributed by atoms with Gasteiger partial charge in [-0.25, -0.2) is 4.98 Å². The molecule has 0 N–H and O–H groups in total. The van der Waals surface area contributed by atoms with E-state index in [1.165, 1.54) is 0 Å². The maximum absolute atomic E-state index is 12.9. The molecule has 4 aromatic rings. The molecule has 0 fully saturated rings. The third-order valence-electron chi connectivity index (χ3n) is 5.14. The summed E-state index contributed by atoms with van der Waals surface area (Å²) in [5.41, 5.74) is 2.43. The van der Waals surface area contributed by atoms with Crippen molar-refractivity contribution in [1.82, 2.24) is 19.7 Å². The van der Waals surface area contributed by atoms with Crippen LogP contribution in [0.15, 0.2) is 57.7 Å². The molecule has 8 nitrogen and oxygen atoms in total. The highest BCUT2D eigenvalue weighted by Gasteiger charge is 2.15. The third-order valence-corrected chi connectivity index (χ3v) is 5.39. The van der Waals surface area contributed by atoms with E-state index >= 15 is 0 Å². The second-order valence-corrected chi connectivity index (χ2v) is 7.96. The molecule has 0 spiro atoms. The Hall–Kier alpha value is -3.52. The van der Waals surface area contributed by atoms with Gasteiger partial charge in [-0.15, -0.1) is 10.2 Å². The number of rotatable bonds is 9. The van der Waals surface area contributed by atoms with E-state index in [0.29, 0.717) is 28.7 Å². The number of hydrogen-bond donors (Lipinski definition) is 0. The minimum atomic E-state index is -0.476. The summed E-state index contributed by atoms with van der Waals surface area (Å²) in [4.78, 5) is 29.7. The van der Waals surface area contributed by atoms with Crippen molar-refractivity contribution in [2.24, 2.45) is 0 Å². The number of ether oxygens (including phenoxy) is 1. The lowest BCUT2D eigenvalue weighted by molar-refractivity contribution is -0.145. The monoisotopic (exact) mass is 466 g/mol. The predicted octanol–water partition coefficient (Wildman–Crippen LogP) is 4.58. The molecule has 0 saturated heterocycles. The maximum atomic E-state index is 12.9. The first-order chi connectivity index (χ1) is 16.0. The summed E-state index contributed by atoms with van der Waals surface area (Å²) in [5.74, 6) is 0.0143. The molecule has 0 atom stereocenters. The fourth-order valence-electron chi connectivity index (χ4n) is 3.40. The molecular weight excluding hydrogens is 444 g/mol. The van der Waals surface area contributed by atoms with E-state index in [9.17, 15) is 9.59 Å². The number of hydrogen-bond acceptors (Lipinski definition) is 7. The Morgan fingerprint density at radius 1 is 1.12 bits per heavy atom. The van der Waals surface area contributed by atoms with Crippen LogP contribution in [0.25, 0.3) is 22.5 Å². The second kappa shape index (κ2) is 10.4. The van der Waals surface area contributed by atoms with Crippen molar-refractivity contribution in [3.05, 3.63) is 75.5 Å². The quantitative estimate of drug-likeness (QED) is 0.333. The Morgan fingerprint density at radius 3 is 2.70 bits per heavy atom. The summed E-state index contributed by atoms with van der Waals surface area (Å²) < 4.78 is 12.5. The number of halogens is 1. The number of esters is 1. The van der Waals surface area contributed by atoms with E-state index in [0.717, 1.165) is 23.9 Å². The van der Waals surface area contributed by atoms with Crippen LogP contribution in [-0.4, -0.2) is 25.7 Å². The molecule has 0 saturated carbocycles. The van der Waals surface area contributed by atoms with E-state index < -0.39 is 5.97 Å². The van der Waals surface area contributed by atoms with Crippen molar-refractivity contribution in [3.8, 4) is 11.5 Å². The molecule has 2 aromatic carbocycles. The molecule has 2 aromatic heterocycles. The zero-order chi connectivity index (χ0) is 23.2. The number of aryl methyl sites for hydroxylation is 2. The first-order valence-electron chi connectivity index (χ1n) is 10.8. The molecule has 0 aliphatic rings. The summed E-state index contributed by atoms with van der Waals surface area (Å²) in [7, 11) is 0. The van der Waals surface area contributed by atoms with E-state index in [2.05, 4.69) is 22.1 Å². The zero-order valence-electron chi connectivity index (χ0n) is 18.2. The Bertz CT molecular complexity index is 1310. The Kier molecular flexibility index (Phi) is 7.14. The van der Waals surface area contributed by atoms with Crippen molar-refractivity contribution in [1.29, 1.82) is 0 Å². The van der Waals surface area contributed by atoms with E-state index in [4.69, 9.17) is 20.8 Å². The first-order valence-corrected chi connectivity index (χ1v) is 11.2. The molecule has 0 aliphatic carbocycles. The van der Waals surface area contributed by atoms with E-state index in [1.54, 1.807) is 28.8 Å². The van der Waals surface area contributed by atoms with Crippen molar-refractivity contribution in [2.75, 3.05) is 0 Å². The Morgan fingerprint density at radius 2 is 1.91 bits per heavy atom.